The molecule has 1 heterocycles. The van der Waals surface area contributed by atoms with Gasteiger partial charge in [0.2, 0.25) is 17.7 Å². The molecule has 1 aliphatic heterocycles. The highest BCUT2D eigenvalue weighted by Gasteiger charge is 2.28. The van der Waals surface area contributed by atoms with Gasteiger partial charge in [-0.15, -0.1) is 0 Å². The summed E-state index contributed by atoms with van der Waals surface area (Å²) < 4.78 is 0. The molecule has 108 valence electrons. The largest absolute Gasteiger partial charge is 0.368 e. The number of hydrogen-bond donors (Lipinski definition) is 2. The van der Waals surface area contributed by atoms with Gasteiger partial charge in [0.25, 0.3) is 0 Å². The third-order valence-corrected chi connectivity index (χ3v) is 3.06. The van der Waals surface area contributed by atoms with Gasteiger partial charge in [0.05, 0.1) is 0 Å². The van der Waals surface area contributed by atoms with Gasteiger partial charge in [0, 0.05) is 24.9 Å². The fourth-order valence-electron chi connectivity index (χ4n) is 1.99. The van der Waals surface area contributed by atoms with E-state index in [1.807, 2.05) is 13.8 Å². The molecular formula is C12H21N3O4. The Morgan fingerprint density at radius 2 is 1.89 bits per heavy atom. The van der Waals surface area contributed by atoms with Gasteiger partial charge < -0.3 is 10.6 Å². The number of nitrogens with two attached hydrogens (primary N) is 1. The predicted octanol–water partition coefficient (Wildman–Crippen LogP) is -0.586. The lowest BCUT2D eigenvalue weighted by molar-refractivity contribution is -0.145. The number of nitrogens with zero attached hydrogens (tertiary/aromatic N) is 1. The first kappa shape index (κ1) is 15.4. The lowest BCUT2D eigenvalue weighted by Gasteiger charge is -2.32. The molecule has 7 heteroatoms. The SMILES string of the molecule is CC(C)C(=O)N1CCC(C(=O)NOCC(N)=O)CC1. The van der Waals surface area contributed by atoms with Gasteiger partial charge in [-0.1, -0.05) is 13.8 Å². The summed E-state index contributed by atoms with van der Waals surface area (Å²) in [5.41, 5.74) is 7.08. The van der Waals surface area contributed by atoms with Crippen LogP contribution in [0.1, 0.15) is 26.7 Å². The summed E-state index contributed by atoms with van der Waals surface area (Å²) in [6.45, 7) is 4.53. The second kappa shape index (κ2) is 7.08. The zero-order valence-electron chi connectivity index (χ0n) is 11.3. The Kier molecular flexibility index (Phi) is 5.75. The molecule has 1 saturated heterocycles. The summed E-state index contributed by atoms with van der Waals surface area (Å²) in [5.74, 6) is -1.01. The van der Waals surface area contributed by atoms with Crippen LogP contribution in [0.15, 0.2) is 0 Å². The van der Waals surface area contributed by atoms with Crippen LogP contribution in [-0.4, -0.2) is 42.3 Å². The smallest absolute Gasteiger partial charge is 0.246 e. The van der Waals surface area contributed by atoms with Gasteiger partial charge >= 0.3 is 0 Å². The molecule has 7 nitrogen and oxygen atoms in total. The van der Waals surface area contributed by atoms with Crippen molar-refractivity contribution >= 4 is 17.7 Å². The van der Waals surface area contributed by atoms with Crippen LogP contribution in [0, 0.1) is 11.8 Å². The summed E-state index contributed by atoms with van der Waals surface area (Å²) in [6, 6.07) is 0. The van der Waals surface area contributed by atoms with E-state index in [1.54, 1.807) is 4.90 Å². The molecule has 0 aliphatic carbocycles. The van der Waals surface area contributed by atoms with E-state index in [9.17, 15) is 14.4 Å². The average molecular weight is 271 g/mol. The number of nitrogens with one attached hydrogen (secondary N) is 1. The minimum Gasteiger partial charge on any atom is -0.368 e. The van der Waals surface area contributed by atoms with Crippen molar-refractivity contribution in [1.29, 1.82) is 0 Å². The van der Waals surface area contributed by atoms with Crippen molar-refractivity contribution in [3.63, 3.8) is 0 Å². The molecule has 0 bridgehead atoms. The minimum atomic E-state index is -0.641. The molecule has 0 radical (unpaired) electrons. The number of primary amides is 1. The van der Waals surface area contributed by atoms with E-state index in [2.05, 4.69) is 10.3 Å². The lowest BCUT2D eigenvalue weighted by atomic mass is 9.95. The standard InChI is InChI=1S/C12H21N3O4/c1-8(2)12(18)15-5-3-9(4-6-15)11(17)14-19-7-10(13)16/h8-9H,3-7H2,1-2H3,(H2,13,16)(H,14,17). The van der Waals surface area contributed by atoms with Gasteiger partial charge in [-0.05, 0) is 12.8 Å². The number of carbonyl (C=O) groups excluding carboxylic acids is 3. The maximum atomic E-state index is 11.8. The molecule has 1 fully saturated rings. The maximum absolute atomic E-state index is 11.8. The van der Waals surface area contributed by atoms with Crippen LogP contribution >= 0.6 is 0 Å². The highest BCUT2D eigenvalue weighted by Crippen LogP contribution is 2.18. The van der Waals surface area contributed by atoms with Crippen LogP contribution in [0.3, 0.4) is 0 Å². The topological polar surface area (TPSA) is 102 Å². The third-order valence-electron chi connectivity index (χ3n) is 3.06. The average Bonchev–Trinajstić information content (AvgIpc) is 2.37. The molecule has 0 spiro atoms. The van der Waals surface area contributed by atoms with E-state index in [4.69, 9.17) is 5.73 Å². The minimum absolute atomic E-state index is 0.0238. The molecule has 0 aromatic carbocycles. The van der Waals surface area contributed by atoms with Gasteiger partial charge in [-0.25, -0.2) is 5.48 Å². The van der Waals surface area contributed by atoms with Crippen LogP contribution in [0.25, 0.3) is 0 Å². The Labute approximate surface area is 112 Å². The van der Waals surface area contributed by atoms with Gasteiger partial charge in [-0.3, -0.25) is 19.2 Å². The summed E-state index contributed by atoms with van der Waals surface area (Å²) in [7, 11) is 0. The lowest BCUT2D eigenvalue weighted by Crippen LogP contribution is -2.44. The second-order valence-electron chi connectivity index (χ2n) is 4.98. The first-order valence-electron chi connectivity index (χ1n) is 6.40. The van der Waals surface area contributed by atoms with Gasteiger partial charge in [0.15, 0.2) is 6.61 Å². The van der Waals surface area contributed by atoms with E-state index < -0.39 is 5.91 Å². The molecule has 0 unspecified atom stereocenters. The fourth-order valence-corrected chi connectivity index (χ4v) is 1.99. The Morgan fingerprint density at radius 3 is 2.37 bits per heavy atom. The summed E-state index contributed by atoms with van der Waals surface area (Å²) >= 11 is 0. The second-order valence-corrected chi connectivity index (χ2v) is 4.98. The molecular weight excluding hydrogens is 250 g/mol. The van der Waals surface area contributed by atoms with Crippen molar-refractivity contribution in [3.05, 3.63) is 0 Å². The van der Waals surface area contributed by atoms with Crippen LogP contribution in [0.2, 0.25) is 0 Å². The molecule has 3 N–H and O–H groups in total. The molecule has 0 aromatic heterocycles. The third kappa shape index (κ3) is 4.86. The fraction of sp³-hybridized carbons (Fsp3) is 0.750. The van der Waals surface area contributed by atoms with Crippen molar-refractivity contribution in [2.24, 2.45) is 17.6 Å². The molecule has 0 atom stereocenters. The number of piperidine rings is 1. The normalized spacial score (nSPS) is 16.5. The molecule has 19 heavy (non-hydrogen) atoms. The van der Waals surface area contributed by atoms with E-state index in [0.717, 1.165) is 0 Å². The van der Waals surface area contributed by atoms with Crippen LogP contribution < -0.4 is 11.2 Å². The van der Waals surface area contributed by atoms with E-state index in [0.29, 0.717) is 25.9 Å². The predicted molar refractivity (Wildman–Crippen MR) is 67.4 cm³/mol. The number of carbonyl (C=O) groups is 3. The number of rotatable bonds is 5. The monoisotopic (exact) mass is 271 g/mol. The molecule has 1 rings (SSSR count). The van der Waals surface area contributed by atoms with E-state index in [-0.39, 0.29) is 30.3 Å². The summed E-state index contributed by atoms with van der Waals surface area (Å²) in [6.07, 6.45) is 1.20. The molecule has 0 saturated carbocycles. The highest BCUT2D eigenvalue weighted by molar-refractivity contribution is 5.80. The molecule has 3 amide bonds. The Morgan fingerprint density at radius 1 is 1.32 bits per heavy atom. The molecule has 1 aliphatic rings. The number of hydrogen-bond acceptors (Lipinski definition) is 4. The first-order chi connectivity index (χ1) is 8.91. The van der Waals surface area contributed by atoms with Crippen molar-refractivity contribution in [1.82, 2.24) is 10.4 Å². The quantitative estimate of drug-likeness (QED) is 0.653. The van der Waals surface area contributed by atoms with Gasteiger partial charge in [0.1, 0.15) is 0 Å². The molecule has 0 aromatic rings. The van der Waals surface area contributed by atoms with Crippen LogP contribution in [-0.2, 0) is 19.2 Å². The van der Waals surface area contributed by atoms with Crippen molar-refractivity contribution in [3.8, 4) is 0 Å². The number of likely N-dealkylation sites (tertiary alicyclic amines) is 1. The zero-order chi connectivity index (χ0) is 14.4. The van der Waals surface area contributed by atoms with E-state index in [1.165, 1.54) is 0 Å². The van der Waals surface area contributed by atoms with Crippen molar-refractivity contribution in [2.75, 3.05) is 19.7 Å². The van der Waals surface area contributed by atoms with Crippen LogP contribution in [0.5, 0.6) is 0 Å². The van der Waals surface area contributed by atoms with Crippen LogP contribution in [0.4, 0.5) is 0 Å². The summed E-state index contributed by atoms with van der Waals surface area (Å²) in [5, 5.41) is 0. The number of amides is 3. The first-order valence-corrected chi connectivity index (χ1v) is 6.40. The number of hydroxylamine groups is 1. The van der Waals surface area contributed by atoms with E-state index >= 15 is 0 Å². The Hall–Kier alpha value is -1.63. The Bertz CT molecular complexity index is 349. The van der Waals surface area contributed by atoms with Crippen molar-refractivity contribution < 1.29 is 19.2 Å². The highest BCUT2D eigenvalue weighted by atomic mass is 16.7. The van der Waals surface area contributed by atoms with Crippen molar-refractivity contribution in [2.45, 2.75) is 26.7 Å². The Balaban J connectivity index is 2.31. The zero-order valence-corrected chi connectivity index (χ0v) is 11.3. The maximum Gasteiger partial charge on any atom is 0.246 e. The van der Waals surface area contributed by atoms with Gasteiger partial charge in [-0.2, -0.15) is 0 Å². The summed E-state index contributed by atoms with van der Waals surface area (Å²) in [4.78, 5) is 40.4.